The Hall–Kier alpha value is -4.22. The molecule has 2 aromatic heterocycles. The van der Waals surface area contributed by atoms with Gasteiger partial charge in [-0.25, -0.2) is 21.8 Å². The Labute approximate surface area is 249 Å². The van der Waals surface area contributed by atoms with Gasteiger partial charge in [0.1, 0.15) is 0 Å². The first-order valence-corrected chi connectivity index (χ1v) is 17.1. The van der Waals surface area contributed by atoms with Crippen LogP contribution in [0.5, 0.6) is 5.88 Å². The van der Waals surface area contributed by atoms with Crippen LogP contribution in [-0.2, 0) is 19.7 Å². The molecule has 0 saturated carbocycles. The Kier molecular flexibility index (Phi) is 8.31. The van der Waals surface area contributed by atoms with Crippen LogP contribution in [0.3, 0.4) is 0 Å². The zero-order valence-corrected chi connectivity index (χ0v) is 25.2. The summed E-state index contributed by atoms with van der Waals surface area (Å²) in [6.07, 6.45) is 4.41. The van der Waals surface area contributed by atoms with Crippen LogP contribution in [0.1, 0.15) is 24.2 Å². The molecule has 3 aromatic carbocycles. The first-order chi connectivity index (χ1) is 20.3. The highest BCUT2D eigenvalue weighted by molar-refractivity contribution is 7.91. The fourth-order valence-corrected chi connectivity index (χ4v) is 7.04. The predicted molar refractivity (Wildman–Crippen MR) is 163 cm³/mol. The standard InChI is InChI=1S/C32H28F2N2O5S2/c1-4-28(43(3,39)40)24-18-23-9-6-16-35-30(23)27(19-24)22-8-5-7-21(17-22)26-14-15-29(41-32(33)34)36-31(26)20-10-12-25(13-11-20)42(2,37)38/h5-19,28,32H,4H2,1-3H3. The second-order valence-corrected chi connectivity index (χ2v) is 14.4. The number of ether oxygens (including phenoxy) is 1. The van der Waals surface area contributed by atoms with E-state index in [1.165, 1.54) is 24.5 Å². The lowest BCUT2D eigenvalue weighted by molar-refractivity contribution is -0.0527. The average Bonchev–Trinajstić information content (AvgIpc) is 2.96. The summed E-state index contributed by atoms with van der Waals surface area (Å²) in [5.41, 5.74) is 4.96. The van der Waals surface area contributed by atoms with Crippen LogP contribution in [-0.4, -0.2) is 45.9 Å². The number of hydrogen-bond donors (Lipinski definition) is 0. The normalized spacial score (nSPS) is 12.9. The summed E-state index contributed by atoms with van der Waals surface area (Å²) in [5, 5.41) is 0.108. The van der Waals surface area contributed by atoms with Crippen LogP contribution < -0.4 is 4.74 Å². The molecule has 0 N–H and O–H groups in total. The third kappa shape index (κ3) is 6.57. The summed E-state index contributed by atoms with van der Waals surface area (Å²) in [4.78, 5) is 9.04. The molecule has 7 nitrogen and oxygen atoms in total. The van der Waals surface area contributed by atoms with Crippen molar-refractivity contribution in [2.75, 3.05) is 12.5 Å². The molecule has 1 unspecified atom stereocenters. The molecule has 0 radical (unpaired) electrons. The maximum Gasteiger partial charge on any atom is 0.388 e. The summed E-state index contributed by atoms with van der Waals surface area (Å²) in [6, 6.07) is 23.8. The SMILES string of the molecule is CCC(c1cc(-c2cccc(-c3ccc(OC(F)F)nc3-c3ccc(S(C)(=O)=O)cc3)c2)c2ncccc2c1)S(C)(=O)=O. The van der Waals surface area contributed by atoms with E-state index < -0.39 is 31.5 Å². The second kappa shape index (κ2) is 11.8. The highest BCUT2D eigenvalue weighted by Crippen LogP contribution is 2.38. The van der Waals surface area contributed by atoms with Gasteiger partial charge in [-0.15, -0.1) is 0 Å². The maximum absolute atomic E-state index is 13.0. The van der Waals surface area contributed by atoms with Crippen molar-refractivity contribution >= 4 is 30.6 Å². The number of halogens is 2. The number of benzene rings is 3. The van der Waals surface area contributed by atoms with Gasteiger partial charge in [0.15, 0.2) is 19.7 Å². The van der Waals surface area contributed by atoms with E-state index in [1.807, 2.05) is 49.4 Å². The molecule has 222 valence electrons. The van der Waals surface area contributed by atoms with Gasteiger partial charge in [0.2, 0.25) is 5.88 Å². The number of hydrogen-bond acceptors (Lipinski definition) is 7. The maximum atomic E-state index is 13.0. The highest BCUT2D eigenvalue weighted by atomic mass is 32.2. The van der Waals surface area contributed by atoms with Crippen molar-refractivity contribution in [2.24, 2.45) is 0 Å². The molecule has 5 aromatic rings. The van der Waals surface area contributed by atoms with Crippen molar-refractivity contribution in [2.45, 2.75) is 30.1 Å². The molecule has 0 aliphatic carbocycles. The lowest BCUT2D eigenvalue weighted by Crippen LogP contribution is -2.10. The van der Waals surface area contributed by atoms with E-state index in [4.69, 9.17) is 0 Å². The molecule has 0 amide bonds. The van der Waals surface area contributed by atoms with Crippen LogP contribution in [0.4, 0.5) is 8.78 Å². The molecule has 1 atom stereocenters. The van der Waals surface area contributed by atoms with Gasteiger partial charge < -0.3 is 4.74 Å². The molecule has 0 fully saturated rings. The highest BCUT2D eigenvalue weighted by Gasteiger charge is 2.23. The van der Waals surface area contributed by atoms with Crippen LogP contribution >= 0.6 is 0 Å². The van der Waals surface area contributed by atoms with Crippen molar-refractivity contribution < 1.29 is 30.4 Å². The number of aromatic nitrogens is 2. The van der Waals surface area contributed by atoms with E-state index in [1.54, 1.807) is 30.5 Å². The Morgan fingerprint density at radius 2 is 1.49 bits per heavy atom. The zero-order chi connectivity index (χ0) is 30.9. The van der Waals surface area contributed by atoms with Crippen molar-refractivity contribution in [1.82, 2.24) is 9.97 Å². The van der Waals surface area contributed by atoms with Crippen molar-refractivity contribution in [1.29, 1.82) is 0 Å². The quantitative estimate of drug-likeness (QED) is 0.172. The van der Waals surface area contributed by atoms with Gasteiger partial charge in [-0.05, 0) is 65.6 Å². The molecule has 0 bridgehead atoms. The molecule has 0 saturated heterocycles. The first-order valence-electron chi connectivity index (χ1n) is 13.3. The lowest BCUT2D eigenvalue weighted by Gasteiger charge is -2.17. The van der Waals surface area contributed by atoms with Crippen molar-refractivity contribution in [3.05, 3.63) is 96.7 Å². The fraction of sp³-hybridized carbons (Fsp3) is 0.188. The number of rotatable bonds is 9. The van der Waals surface area contributed by atoms with Crippen LogP contribution in [0.25, 0.3) is 44.4 Å². The van der Waals surface area contributed by atoms with Gasteiger partial charge in [-0.2, -0.15) is 8.78 Å². The zero-order valence-electron chi connectivity index (χ0n) is 23.5. The van der Waals surface area contributed by atoms with E-state index >= 15 is 0 Å². The van der Waals surface area contributed by atoms with Gasteiger partial charge in [0, 0.05) is 46.9 Å². The molecule has 0 aliphatic heterocycles. The minimum Gasteiger partial charge on any atom is -0.417 e. The number of nitrogens with zero attached hydrogens (tertiary/aromatic N) is 2. The molecule has 5 rings (SSSR count). The Morgan fingerprint density at radius 1 is 0.791 bits per heavy atom. The molecular formula is C32H28F2N2O5S2. The van der Waals surface area contributed by atoms with Gasteiger partial charge in [-0.1, -0.05) is 43.3 Å². The molecule has 0 spiro atoms. The molecule has 2 heterocycles. The predicted octanol–water partition coefficient (Wildman–Crippen LogP) is 7.13. The molecule has 0 aliphatic rings. The number of pyridine rings is 2. The van der Waals surface area contributed by atoms with Crippen LogP contribution in [0, 0.1) is 0 Å². The third-order valence-corrected chi connectivity index (χ3v) is 9.87. The summed E-state index contributed by atoms with van der Waals surface area (Å²) >= 11 is 0. The topological polar surface area (TPSA) is 103 Å². The summed E-state index contributed by atoms with van der Waals surface area (Å²) in [5.74, 6) is -0.286. The Balaban J connectivity index is 1.69. The smallest absolute Gasteiger partial charge is 0.388 e. The Morgan fingerprint density at radius 3 is 2.12 bits per heavy atom. The Bertz CT molecular complexity index is 2030. The van der Waals surface area contributed by atoms with Gasteiger partial charge >= 0.3 is 6.61 Å². The van der Waals surface area contributed by atoms with E-state index in [9.17, 15) is 25.6 Å². The van der Waals surface area contributed by atoms with Gasteiger partial charge in [0.05, 0.1) is 21.4 Å². The third-order valence-electron chi connectivity index (χ3n) is 7.11. The van der Waals surface area contributed by atoms with Gasteiger partial charge in [0.25, 0.3) is 0 Å². The molecule has 11 heteroatoms. The van der Waals surface area contributed by atoms with E-state index in [2.05, 4.69) is 14.7 Å². The van der Waals surface area contributed by atoms with E-state index in [0.717, 1.165) is 22.8 Å². The van der Waals surface area contributed by atoms with Crippen LogP contribution in [0.15, 0.2) is 96.0 Å². The van der Waals surface area contributed by atoms with Gasteiger partial charge in [-0.3, -0.25) is 4.98 Å². The minimum absolute atomic E-state index is 0.110. The number of alkyl halides is 2. The molecular weight excluding hydrogens is 594 g/mol. The van der Waals surface area contributed by atoms with Crippen molar-refractivity contribution in [3.63, 3.8) is 0 Å². The largest absolute Gasteiger partial charge is 0.417 e. The number of fused-ring (bicyclic) bond motifs is 1. The second-order valence-electron chi connectivity index (χ2n) is 10.2. The summed E-state index contributed by atoms with van der Waals surface area (Å²) in [7, 11) is -6.83. The fourth-order valence-electron chi connectivity index (χ4n) is 5.17. The van der Waals surface area contributed by atoms with Crippen molar-refractivity contribution in [3.8, 4) is 39.4 Å². The minimum atomic E-state index is -3.45. The average molecular weight is 623 g/mol. The molecule has 43 heavy (non-hydrogen) atoms. The first kappa shape index (κ1) is 30.2. The number of sulfone groups is 2. The van der Waals surface area contributed by atoms with E-state index in [0.29, 0.717) is 39.9 Å². The van der Waals surface area contributed by atoms with E-state index in [-0.39, 0.29) is 10.8 Å². The van der Waals surface area contributed by atoms with Crippen LogP contribution in [0.2, 0.25) is 0 Å². The lowest BCUT2D eigenvalue weighted by atomic mass is 9.93. The monoisotopic (exact) mass is 622 g/mol. The summed E-state index contributed by atoms with van der Waals surface area (Å²) in [6.45, 7) is -1.24. The summed E-state index contributed by atoms with van der Waals surface area (Å²) < 4.78 is 79.9.